The van der Waals surface area contributed by atoms with Gasteiger partial charge in [0.1, 0.15) is 5.82 Å². The molecular formula is C17H25N5. The van der Waals surface area contributed by atoms with Gasteiger partial charge in [0.05, 0.1) is 11.4 Å². The Hall–Kier alpha value is -1.75. The minimum atomic E-state index is 0.324. The van der Waals surface area contributed by atoms with E-state index in [-0.39, 0.29) is 0 Å². The van der Waals surface area contributed by atoms with Crippen molar-refractivity contribution in [1.82, 2.24) is 24.6 Å². The zero-order chi connectivity index (χ0) is 15.7. The number of rotatable bonds is 3. The summed E-state index contributed by atoms with van der Waals surface area (Å²) in [6.45, 7) is 8.56. The second kappa shape index (κ2) is 6.16. The van der Waals surface area contributed by atoms with Crippen molar-refractivity contribution in [3.8, 4) is 11.4 Å². The van der Waals surface area contributed by atoms with Gasteiger partial charge < -0.3 is 4.90 Å². The van der Waals surface area contributed by atoms with Crippen molar-refractivity contribution in [2.24, 2.45) is 0 Å². The maximum absolute atomic E-state index is 4.88. The van der Waals surface area contributed by atoms with E-state index in [2.05, 4.69) is 43.9 Å². The van der Waals surface area contributed by atoms with Crippen LogP contribution in [0.4, 0.5) is 0 Å². The highest BCUT2D eigenvalue weighted by Crippen LogP contribution is 2.27. The van der Waals surface area contributed by atoms with Crippen LogP contribution in [-0.4, -0.2) is 44.8 Å². The number of aryl methyl sites for hydroxylation is 1. The highest BCUT2D eigenvalue weighted by molar-refractivity contribution is 5.54. The van der Waals surface area contributed by atoms with E-state index in [1.807, 2.05) is 16.9 Å². The van der Waals surface area contributed by atoms with Gasteiger partial charge in [0.15, 0.2) is 0 Å². The van der Waals surface area contributed by atoms with Crippen molar-refractivity contribution in [3.63, 3.8) is 0 Å². The van der Waals surface area contributed by atoms with Gasteiger partial charge in [-0.15, -0.1) is 0 Å². The molecular weight excluding hydrogens is 274 g/mol. The SMILES string of the molecule is Cc1cc(-c2ccnn2C(C)C)nc(C2CCCN(C)C2)n1. The Balaban J connectivity index is 1.97. The molecule has 0 spiro atoms. The second-order valence-corrected chi connectivity index (χ2v) is 6.61. The fourth-order valence-corrected chi connectivity index (χ4v) is 3.21. The minimum Gasteiger partial charge on any atom is -0.306 e. The van der Waals surface area contributed by atoms with E-state index in [4.69, 9.17) is 9.97 Å². The fourth-order valence-electron chi connectivity index (χ4n) is 3.21. The number of hydrogen-bond acceptors (Lipinski definition) is 4. The lowest BCUT2D eigenvalue weighted by Crippen LogP contribution is -2.31. The smallest absolute Gasteiger partial charge is 0.133 e. The van der Waals surface area contributed by atoms with Crippen LogP contribution in [0.3, 0.4) is 0 Å². The van der Waals surface area contributed by atoms with Crippen molar-refractivity contribution in [1.29, 1.82) is 0 Å². The Morgan fingerprint density at radius 2 is 2.09 bits per heavy atom. The van der Waals surface area contributed by atoms with Crippen molar-refractivity contribution in [3.05, 3.63) is 29.8 Å². The Bertz CT molecular complexity index is 646. The van der Waals surface area contributed by atoms with E-state index in [1.165, 1.54) is 19.4 Å². The van der Waals surface area contributed by atoms with Crippen LogP contribution in [0.1, 0.15) is 50.2 Å². The molecule has 0 radical (unpaired) electrons. The molecule has 2 aromatic heterocycles. The van der Waals surface area contributed by atoms with E-state index in [9.17, 15) is 0 Å². The first-order valence-corrected chi connectivity index (χ1v) is 8.12. The lowest BCUT2D eigenvalue weighted by Gasteiger charge is -2.29. The predicted molar refractivity (Wildman–Crippen MR) is 87.8 cm³/mol. The summed E-state index contributed by atoms with van der Waals surface area (Å²) in [7, 11) is 2.18. The number of hydrogen-bond donors (Lipinski definition) is 0. The number of aromatic nitrogens is 4. The molecule has 1 aliphatic rings. The van der Waals surface area contributed by atoms with Crippen LogP contribution in [-0.2, 0) is 0 Å². The second-order valence-electron chi connectivity index (χ2n) is 6.61. The van der Waals surface area contributed by atoms with E-state index in [0.717, 1.165) is 29.5 Å². The molecule has 0 aliphatic carbocycles. The zero-order valence-corrected chi connectivity index (χ0v) is 14.0. The largest absolute Gasteiger partial charge is 0.306 e. The fraction of sp³-hybridized carbons (Fsp3) is 0.588. The highest BCUT2D eigenvalue weighted by atomic mass is 15.3. The molecule has 22 heavy (non-hydrogen) atoms. The molecule has 1 fully saturated rings. The van der Waals surface area contributed by atoms with E-state index >= 15 is 0 Å². The van der Waals surface area contributed by atoms with Crippen molar-refractivity contribution < 1.29 is 0 Å². The third-order valence-corrected chi connectivity index (χ3v) is 4.28. The topological polar surface area (TPSA) is 46.8 Å². The normalized spacial score (nSPS) is 19.8. The van der Waals surface area contributed by atoms with E-state index < -0.39 is 0 Å². The molecule has 0 aromatic carbocycles. The summed E-state index contributed by atoms with van der Waals surface area (Å²) in [6, 6.07) is 4.43. The number of piperidine rings is 1. The molecule has 1 saturated heterocycles. The van der Waals surface area contributed by atoms with Gasteiger partial charge in [-0.05, 0) is 59.3 Å². The zero-order valence-electron chi connectivity index (χ0n) is 14.0. The highest BCUT2D eigenvalue weighted by Gasteiger charge is 2.22. The monoisotopic (exact) mass is 299 g/mol. The lowest BCUT2D eigenvalue weighted by atomic mass is 9.97. The van der Waals surface area contributed by atoms with Crippen LogP contribution in [0, 0.1) is 6.92 Å². The molecule has 1 unspecified atom stereocenters. The Labute approximate surface area is 132 Å². The van der Waals surface area contributed by atoms with E-state index in [1.54, 1.807) is 0 Å². The number of nitrogens with zero attached hydrogens (tertiary/aromatic N) is 5. The van der Waals surface area contributed by atoms with Crippen LogP contribution in [0.25, 0.3) is 11.4 Å². The van der Waals surface area contributed by atoms with Gasteiger partial charge in [-0.2, -0.15) is 5.10 Å². The van der Waals surface area contributed by atoms with Gasteiger partial charge in [-0.25, -0.2) is 9.97 Å². The summed E-state index contributed by atoms with van der Waals surface area (Å²) in [5.74, 6) is 1.42. The maximum Gasteiger partial charge on any atom is 0.133 e. The molecule has 118 valence electrons. The Kier molecular flexibility index (Phi) is 4.25. The first-order valence-electron chi connectivity index (χ1n) is 8.12. The van der Waals surface area contributed by atoms with Crippen LogP contribution in [0.5, 0.6) is 0 Å². The van der Waals surface area contributed by atoms with Crippen LogP contribution >= 0.6 is 0 Å². The first-order chi connectivity index (χ1) is 10.5. The summed E-state index contributed by atoms with van der Waals surface area (Å²) in [5, 5.41) is 4.42. The molecule has 3 rings (SSSR count). The third kappa shape index (κ3) is 3.04. The van der Waals surface area contributed by atoms with Crippen molar-refractivity contribution >= 4 is 0 Å². The molecule has 3 heterocycles. The molecule has 0 bridgehead atoms. The summed E-state index contributed by atoms with van der Waals surface area (Å²) in [6.07, 6.45) is 4.25. The molecule has 5 nitrogen and oxygen atoms in total. The minimum absolute atomic E-state index is 0.324. The third-order valence-electron chi connectivity index (χ3n) is 4.28. The molecule has 5 heteroatoms. The standard InChI is InChI=1S/C17H25N5/c1-12(2)22-16(7-8-18-22)15-10-13(3)19-17(20-15)14-6-5-9-21(4)11-14/h7-8,10,12,14H,5-6,9,11H2,1-4H3. The molecule has 1 atom stereocenters. The van der Waals surface area contributed by atoms with Crippen LogP contribution in [0.2, 0.25) is 0 Å². The Morgan fingerprint density at radius 3 is 2.82 bits per heavy atom. The van der Waals surface area contributed by atoms with Crippen molar-refractivity contribution in [2.45, 2.75) is 45.6 Å². The van der Waals surface area contributed by atoms with E-state index in [0.29, 0.717) is 12.0 Å². The summed E-state index contributed by atoms with van der Waals surface area (Å²) >= 11 is 0. The molecule has 0 saturated carbocycles. The van der Waals surface area contributed by atoms with Gasteiger partial charge in [-0.1, -0.05) is 0 Å². The molecule has 2 aromatic rings. The maximum atomic E-state index is 4.88. The molecule has 0 amide bonds. The summed E-state index contributed by atoms with van der Waals surface area (Å²) in [4.78, 5) is 12.0. The molecule has 0 N–H and O–H groups in total. The summed E-state index contributed by atoms with van der Waals surface area (Å²) in [5.41, 5.74) is 3.09. The van der Waals surface area contributed by atoms with Gasteiger partial charge in [0.2, 0.25) is 0 Å². The van der Waals surface area contributed by atoms with Gasteiger partial charge in [0.25, 0.3) is 0 Å². The molecule has 1 aliphatic heterocycles. The van der Waals surface area contributed by atoms with Gasteiger partial charge >= 0.3 is 0 Å². The average molecular weight is 299 g/mol. The van der Waals surface area contributed by atoms with Crippen LogP contribution < -0.4 is 0 Å². The Morgan fingerprint density at radius 1 is 1.27 bits per heavy atom. The van der Waals surface area contributed by atoms with Crippen LogP contribution in [0.15, 0.2) is 18.3 Å². The number of likely N-dealkylation sites (N-methyl/N-ethyl adjacent to an activating group) is 1. The number of likely N-dealkylation sites (tertiary alicyclic amines) is 1. The average Bonchev–Trinajstić information content (AvgIpc) is 2.96. The summed E-state index contributed by atoms with van der Waals surface area (Å²) < 4.78 is 2.03. The van der Waals surface area contributed by atoms with Crippen molar-refractivity contribution in [2.75, 3.05) is 20.1 Å². The quantitative estimate of drug-likeness (QED) is 0.874. The predicted octanol–water partition coefficient (Wildman–Crippen LogP) is 3.04. The van der Waals surface area contributed by atoms with Gasteiger partial charge in [0, 0.05) is 30.4 Å². The first kappa shape index (κ1) is 15.2. The lowest BCUT2D eigenvalue weighted by molar-refractivity contribution is 0.246. The van der Waals surface area contributed by atoms with Gasteiger partial charge in [-0.3, -0.25) is 4.68 Å².